The van der Waals surface area contributed by atoms with E-state index in [2.05, 4.69) is 41.5 Å². The van der Waals surface area contributed by atoms with Crippen LogP contribution in [0.25, 0.3) is 11.1 Å². The number of halogens is 6. The van der Waals surface area contributed by atoms with Crippen LogP contribution in [0.15, 0.2) is 24.3 Å². The second kappa shape index (κ2) is 37.0. The summed E-state index contributed by atoms with van der Waals surface area (Å²) in [6, 6.07) is 4.22. The van der Waals surface area contributed by atoms with Crippen LogP contribution in [0.1, 0.15) is 196 Å². The van der Waals surface area contributed by atoms with Gasteiger partial charge in [-0.3, -0.25) is 0 Å². The van der Waals surface area contributed by atoms with E-state index in [1.807, 2.05) is 0 Å². The van der Waals surface area contributed by atoms with E-state index >= 15 is 0 Å². The van der Waals surface area contributed by atoms with E-state index in [1.54, 1.807) is 46.8 Å². The van der Waals surface area contributed by atoms with Gasteiger partial charge in [0.25, 0.3) is 0 Å². The van der Waals surface area contributed by atoms with Crippen molar-refractivity contribution in [3.05, 3.63) is 59.2 Å². The Kier molecular flexibility index (Phi) is 36.3. The Hall–Kier alpha value is -1.02. The maximum Gasteiger partial charge on any atom is 0.200 e. The lowest BCUT2D eigenvalue weighted by Gasteiger charge is -2.37. The van der Waals surface area contributed by atoms with Crippen molar-refractivity contribution in [2.24, 2.45) is 0 Å². The van der Waals surface area contributed by atoms with Crippen LogP contribution in [0.4, 0.5) is 26.3 Å². The predicted octanol–water partition coefficient (Wildman–Crippen LogP) is 18.5. The van der Waals surface area contributed by atoms with Crippen molar-refractivity contribution >= 4 is 21.7 Å². The van der Waals surface area contributed by atoms with Crippen LogP contribution >= 0.6 is 8.58 Å². The molecule has 0 aliphatic heterocycles. The molecule has 2 aromatic rings. The SMILES string of the molecule is CCCCCC[CH2][Al-]([CH2]CCCCCC)([CH2]CCCCCC)[CH2]CCCCCC.CCCC[PH2+]CCCC.Fc1ccccc1-c1c(F)c(F)c(F)c(F)c1F. The molecule has 0 fully saturated rings. The highest BCUT2D eigenvalue weighted by atomic mass is 31.1. The van der Waals surface area contributed by atoms with Gasteiger partial charge in [-0.1, -0.05) is 201 Å². The van der Waals surface area contributed by atoms with Crippen molar-refractivity contribution < 1.29 is 26.3 Å². The van der Waals surface area contributed by atoms with Crippen molar-refractivity contribution in [1.82, 2.24) is 0 Å². The van der Waals surface area contributed by atoms with Crippen LogP contribution < -0.4 is 0 Å². The summed E-state index contributed by atoms with van der Waals surface area (Å²) in [4.78, 5) is 0. The Morgan fingerprint density at radius 2 is 0.679 bits per heavy atom. The lowest BCUT2D eigenvalue weighted by Crippen LogP contribution is -2.34. The predicted molar refractivity (Wildman–Crippen MR) is 241 cm³/mol. The fourth-order valence-electron chi connectivity index (χ4n) is 7.94. The molecule has 0 amide bonds. The Morgan fingerprint density at radius 1 is 0.375 bits per heavy atom. The van der Waals surface area contributed by atoms with Gasteiger partial charge in [0.2, 0.25) is 5.82 Å². The van der Waals surface area contributed by atoms with Crippen LogP contribution in [0, 0.1) is 34.9 Å². The van der Waals surface area contributed by atoms with Crippen LogP contribution in [-0.4, -0.2) is 25.4 Å². The topological polar surface area (TPSA) is 0 Å². The molecule has 0 heterocycles. The summed E-state index contributed by atoms with van der Waals surface area (Å²) in [5.41, 5.74) is -1.96. The number of hydrogen-bond donors (Lipinski definition) is 0. The first-order valence-corrected chi connectivity index (χ1v) is 28.3. The first-order chi connectivity index (χ1) is 27.1. The largest absolute Gasteiger partial charge is 0.206 e. The molecular weight excluding hydrogens is 748 g/mol. The number of hydrogen-bond acceptors (Lipinski definition) is 0. The van der Waals surface area contributed by atoms with Crippen LogP contribution in [0.2, 0.25) is 21.1 Å². The molecule has 0 bridgehead atoms. The van der Waals surface area contributed by atoms with Gasteiger partial charge in [0.1, 0.15) is 18.9 Å². The third-order valence-corrected chi connectivity index (χ3v) is 19.7. The summed E-state index contributed by atoms with van der Waals surface area (Å²) >= 11 is -1.38. The van der Waals surface area contributed by atoms with E-state index in [0.29, 0.717) is 0 Å². The van der Waals surface area contributed by atoms with Gasteiger partial charge in [0.15, 0.2) is 23.3 Å². The molecule has 8 heteroatoms. The monoisotopic (exact) mass is 833 g/mol. The third kappa shape index (κ3) is 24.8. The second-order valence-electron chi connectivity index (χ2n) is 16.5. The van der Waals surface area contributed by atoms with Gasteiger partial charge in [0, 0.05) is 5.56 Å². The quantitative estimate of drug-likeness (QED) is 0.0177. The average molecular weight is 833 g/mol. The Balaban J connectivity index is 0.000000939. The molecule has 0 saturated carbocycles. The minimum Gasteiger partial charge on any atom is -0.206 e. The zero-order chi connectivity index (χ0) is 41.9. The smallest absolute Gasteiger partial charge is 0.200 e. The first kappa shape index (κ1) is 55.0. The minimum absolute atomic E-state index is 0.690. The number of benzene rings is 2. The van der Waals surface area contributed by atoms with Crippen molar-refractivity contribution in [2.75, 3.05) is 12.3 Å². The summed E-state index contributed by atoms with van der Waals surface area (Å²) in [7, 11) is 0.818. The maximum absolute atomic E-state index is 13.4. The first-order valence-electron chi connectivity index (χ1n) is 23.4. The fraction of sp³-hybridized carbons (Fsp3) is 0.750. The molecule has 0 nitrogen and oxygen atoms in total. The normalized spacial score (nSPS) is 11.3. The molecule has 0 aliphatic rings. The van der Waals surface area contributed by atoms with Crippen LogP contribution in [0.5, 0.6) is 0 Å². The van der Waals surface area contributed by atoms with E-state index in [4.69, 9.17) is 0 Å². The molecular formula is C48H84AlF6P. The molecule has 0 saturated heterocycles. The average Bonchev–Trinajstić information content (AvgIpc) is 3.20. The molecule has 326 valence electrons. The number of rotatable bonds is 31. The molecule has 0 aliphatic carbocycles. The molecule has 0 unspecified atom stereocenters. The summed E-state index contributed by atoms with van der Waals surface area (Å²) < 4.78 is 78.8. The van der Waals surface area contributed by atoms with Gasteiger partial charge in [-0.15, -0.1) is 0 Å². The summed E-state index contributed by atoms with van der Waals surface area (Å²) in [5.74, 6) is -11.7. The highest BCUT2D eigenvalue weighted by molar-refractivity contribution is 7.37. The van der Waals surface area contributed by atoms with Gasteiger partial charge >= 0.3 is 0 Å². The third-order valence-electron chi connectivity index (χ3n) is 11.6. The molecule has 0 atom stereocenters. The molecule has 56 heavy (non-hydrogen) atoms. The van der Waals surface area contributed by atoms with E-state index in [1.165, 1.54) is 153 Å². The van der Waals surface area contributed by atoms with Crippen molar-refractivity contribution in [3.8, 4) is 11.1 Å². The highest BCUT2D eigenvalue weighted by Crippen LogP contribution is 2.36. The van der Waals surface area contributed by atoms with Crippen LogP contribution in [-0.2, 0) is 0 Å². The summed E-state index contributed by atoms with van der Waals surface area (Å²) in [6.07, 6.45) is 38.6. The molecule has 0 spiro atoms. The molecule has 2 rings (SSSR count). The van der Waals surface area contributed by atoms with E-state index < -0.39 is 59.1 Å². The maximum atomic E-state index is 13.4. The van der Waals surface area contributed by atoms with Gasteiger partial charge in [-0.05, 0) is 27.5 Å². The Labute approximate surface area is 346 Å². The summed E-state index contributed by atoms with van der Waals surface area (Å²) in [6.45, 7) is 14.0. The Morgan fingerprint density at radius 3 is 1.00 bits per heavy atom. The standard InChI is InChI=1S/C12H4F6.C8H19P.4C7H15.Al/c13-6-4-2-1-3-5(6)7-8(14)10(16)12(18)11(17)9(7)15;1-3-5-7-9-8-6-4-2;4*1-3-5-7-6-4-2;/h1-4H;9H,3-8H2,1-2H3;4*1,3-7H2,2H3;/q;;;;;;-1/p+1. The summed E-state index contributed by atoms with van der Waals surface area (Å²) in [5, 5.41) is 6.80. The van der Waals surface area contributed by atoms with Crippen molar-refractivity contribution in [1.29, 1.82) is 0 Å². The van der Waals surface area contributed by atoms with Crippen LogP contribution in [0.3, 0.4) is 0 Å². The van der Waals surface area contributed by atoms with Crippen molar-refractivity contribution in [3.63, 3.8) is 0 Å². The Bertz CT molecular complexity index is 1110. The lowest BCUT2D eigenvalue weighted by atomic mass is 10.0. The van der Waals surface area contributed by atoms with Gasteiger partial charge in [-0.2, -0.15) is 21.1 Å². The molecule has 0 aromatic heterocycles. The fourth-order valence-corrected chi connectivity index (χ4v) is 16.0. The van der Waals surface area contributed by atoms with E-state index in [-0.39, 0.29) is 0 Å². The molecule has 0 N–H and O–H groups in total. The zero-order valence-corrected chi connectivity index (χ0v) is 39.3. The minimum atomic E-state index is -2.27. The van der Waals surface area contributed by atoms with E-state index in [9.17, 15) is 26.3 Å². The van der Waals surface area contributed by atoms with E-state index in [0.717, 1.165) is 20.7 Å². The highest BCUT2D eigenvalue weighted by Gasteiger charge is 2.28. The second-order valence-corrected chi connectivity index (χ2v) is 24.0. The lowest BCUT2D eigenvalue weighted by molar-refractivity contribution is 0.381. The van der Waals surface area contributed by atoms with Gasteiger partial charge in [-0.25, -0.2) is 26.3 Å². The zero-order valence-electron chi connectivity index (χ0n) is 36.9. The van der Waals surface area contributed by atoms with Crippen molar-refractivity contribution in [2.45, 2.75) is 217 Å². The van der Waals surface area contributed by atoms with Gasteiger partial charge < -0.3 is 0 Å². The molecule has 0 radical (unpaired) electrons. The molecule has 2 aromatic carbocycles. The number of unbranched alkanes of at least 4 members (excludes halogenated alkanes) is 18. The van der Waals surface area contributed by atoms with Gasteiger partial charge in [0.05, 0.1) is 17.9 Å².